The molecule has 0 saturated carbocycles. The number of hydrogen-bond donors (Lipinski definition) is 1. The quantitative estimate of drug-likeness (QED) is 0.881. The molecule has 0 saturated heterocycles. The molecule has 1 unspecified atom stereocenters. The summed E-state index contributed by atoms with van der Waals surface area (Å²) in [4.78, 5) is 1.07. The van der Waals surface area contributed by atoms with Gasteiger partial charge in [0, 0.05) is 32.8 Å². The van der Waals surface area contributed by atoms with Gasteiger partial charge in [-0.3, -0.25) is 0 Å². The largest absolute Gasteiger partial charge is 0.313 e. The highest BCUT2D eigenvalue weighted by atomic mass is 79.9. The molecule has 0 aliphatic carbocycles. The van der Waals surface area contributed by atoms with Crippen LogP contribution in [-0.4, -0.2) is 7.05 Å². The van der Waals surface area contributed by atoms with Crippen molar-refractivity contribution in [3.63, 3.8) is 0 Å². The van der Waals surface area contributed by atoms with E-state index in [0.717, 1.165) is 9.35 Å². The lowest BCUT2D eigenvalue weighted by molar-refractivity contribution is 0.491. The second kappa shape index (κ2) is 5.91. The molecule has 0 aliphatic rings. The molecule has 1 aromatic carbocycles. The number of hydrogen-bond acceptors (Lipinski definition) is 2. The van der Waals surface area contributed by atoms with Crippen LogP contribution < -0.4 is 5.32 Å². The molecule has 2 rings (SSSR count). The Morgan fingerprint density at radius 1 is 1.33 bits per heavy atom. The van der Waals surface area contributed by atoms with Crippen LogP contribution in [0, 0.1) is 11.6 Å². The molecular weight excluding hydrogens is 320 g/mol. The van der Waals surface area contributed by atoms with E-state index in [1.54, 1.807) is 18.4 Å². The molecule has 5 heteroatoms. The van der Waals surface area contributed by atoms with Gasteiger partial charge in [-0.05, 0) is 41.2 Å². The smallest absolute Gasteiger partial charge is 0.130 e. The van der Waals surface area contributed by atoms with E-state index in [-0.39, 0.29) is 11.6 Å². The summed E-state index contributed by atoms with van der Waals surface area (Å²) < 4.78 is 28.4. The van der Waals surface area contributed by atoms with Gasteiger partial charge >= 0.3 is 0 Å². The van der Waals surface area contributed by atoms with Gasteiger partial charge in [-0.25, -0.2) is 8.78 Å². The monoisotopic (exact) mass is 331 g/mol. The van der Waals surface area contributed by atoms with Crippen molar-refractivity contribution < 1.29 is 8.78 Å². The zero-order valence-corrected chi connectivity index (χ0v) is 12.1. The van der Waals surface area contributed by atoms with Crippen molar-refractivity contribution in [3.05, 3.63) is 56.2 Å². The van der Waals surface area contributed by atoms with Crippen LogP contribution in [-0.2, 0) is 6.42 Å². The van der Waals surface area contributed by atoms with Crippen LogP contribution in [0.3, 0.4) is 0 Å². The second-order valence-electron chi connectivity index (χ2n) is 3.91. The molecule has 0 aliphatic heterocycles. The maximum absolute atomic E-state index is 13.7. The minimum atomic E-state index is -0.509. The maximum atomic E-state index is 13.7. The van der Waals surface area contributed by atoms with E-state index in [2.05, 4.69) is 21.2 Å². The van der Waals surface area contributed by atoms with Gasteiger partial charge in [0.15, 0.2) is 0 Å². The molecule has 1 nitrogen and oxygen atoms in total. The number of benzene rings is 1. The average Bonchev–Trinajstić information content (AvgIpc) is 2.73. The van der Waals surface area contributed by atoms with Crippen molar-refractivity contribution >= 4 is 27.3 Å². The van der Waals surface area contributed by atoms with Gasteiger partial charge in [-0.15, -0.1) is 11.3 Å². The molecule has 0 spiro atoms. The van der Waals surface area contributed by atoms with Crippen LogP contribution >= 0.6 is 27.3 Å². The van der Waals surface area contributed by atoms with Crippen LogP contribution in [0.15, 0.2) is 34.1 Å². The third-order valence-corrected chi connectivity index (χ3v) is 4.44. The Morgan fingerprint density at radius 2 is 2.00 bits per heavy atom. The number of likely N-dealkylation sites (N-methyl/N-ethyl adjacent to an activating group) is 1. The van der Waals surface area contributed by atoms with Gasteiger partial charge in [0.1, 0.15) is 11.6 Å². The van der Waals surface area contributed by atoms with E-state index in [4.69, 9.17) is 0 Å². The third-order valence-electron chi connectivity index (χ3n) is 2.72. The Balaban J connectivity index is 2.28. The summed E-state index contributed by atoms with van der Waals surface area (Å²) in [7, 11) is 1.71. The number of nitrogens with one attached hydrogen (secondary N) is 1. The van der Waals surface area contributed by atoms with E-state index in [9.17, 15) is 8.78 Å². The summed E-state index contributed by atoms with van der Waals surface area (Å²) in [5, 5.41) is 4.93. The van der Waals surface area contributed by atoms with E-state index < -0.39 is 11.6 Å². The number of thiophene rings is 1. The minimum Gasteiger partial charge on any atom is -0.313 e. The number of halogens is 3. The lowest BCUT2D eigenvalue weighted by atomic mass is 10.0. The van der Waals surface area contributed by atoms with Crippen molar-refractivity contribution in [1.29, 1.82) is 0 Å². The van der Waals surface area contributed by atoms with Crippen molar-refractivity contribution in [3.8, 4) is 0 Å². The molecule has 0 amide bonds. The van der Waals surface area contributed by atoms with Gasteiger partial charge in [0.05, 0.1) is 0 Å². The lowest BCUT2D eigenvalue weighted by Gasteiger charge is -2.17. The summed E-state index contributed by atoms with van der Waals surface area (Å²) in [6.45, 7) is 0. The van der Waals surface area contributed by atoms with Crippen molar-refractivity contribution in [2.75, 3.05) is 7.05 Å². The summed E-state index contributed by atoms with van der Waals surface area (Å²) >= 11 is 4.94. The van der Waals surface area contributed by atoms with Gasteiger partial charge in [0.25, 0.3) is 0 Å². The predicted molar refractivity (Wildman–Crippen MR) is 73.9 cm³/mol. The first-order valence-corrected chi connectivity index (χ1v) is 7.13. The zero-order valence-electron chi connectivity index (χ0n) is 9.71. The first-order chi connectivity index (χ1) is 8.61. The molecule has 0 radical (unpaired) electrons. The molecule has 18 heavy (non-hydrogen) atoms. The Labute approximate surface area is 117 Å². The van der Waals surface area contributed by atoms with Crippen LogP contribution in [0.4, 0.5) is 8.78 Å². The van der Waals surface area contributed by atoms with Crippen LogP contribution in [0.25, 0.3) is 0 Å². The number of rotatable bonds is 4. The van der Waals surface area contributed by atoms with E-state index in [1.165, 1.54) is 18.2 Å². The summed E-state index contributed by atoms with van der Waals surface area (Å²) in [5.41, 5.74) is 0.101. The Bertz CT molecular complexity index is 521. The second-order valence-corrected chi connectivity index (χ2v) is 5.82. The zero-order chi connectivity index (χ0) is 13.1. The van der Waals surface area contributed by atoms with Crippen molar-refractivity contribution in [2.45, 2.75) is 12.5 Å². The molecule has 1 atom stereocenters. The van der Waals surface area contributed by atoms with Crippen LogP contribution in [0.5, 0.6) is 0 Å². The van der Waals surface area contributed by atoms with Crippen LogP contribution in [0.1, 0.15) is 16.5 Å². The fourth-order valence-electron chi connectivity index (χ4n) is 1.85. The first-order valence-electron chi connectivity index (χ1n) is 5.46. The third kappa shape index (κ3) is 2.96. The lowest BCUT2D eigenvalue weighted by Crippen LogP contribution is -2.21. The molecule has 0 fully saturated rings. The van der Waals surface area contributed by atoms with Crippen molar-refractivity contribution in [1.82, 2.24) is 5.32 Å². The first kappa shape index (κ1) is 13.6. The molecule has 0 bridgehead atoms. The predicted octanol–water partition coefficient (Wildman–Crippen LogP) is 4.29. The maximum Gasteiger partial charge on any atom is 0.130 e. The summed E-state index contributed by atoms with van der Waals surface area (Å²) in [6, 6.07) is 5.55. The average molecular weight is 332 g/mol. The van der Waals surface area contributed by atoms with E-state index in [0.29, 0.717) is 6.42 Å². The molecule has 1 N–H and O–H groups in total. The molecule has 2 aromatic rings. The molecule has 1 aromatic heterocycles. The van der Waals surface area contributed by atoms with E-state index >= 15 is 0 Å². The summed E-state index contributed by atoms with van der Waals surface area (Å²) in [6.07, 6.45) is 0.560. The molecular formula is C13H12BrF2NS. The highest BCUT2D eigenvalue weighted by molar-refractivity contribution is 9.10. The Morgan fingerprint density at radius 3 is 2.50 bits per heavy atom. The normalized spacial score (nSPS) is 12.7. The molecule has 1 heterocycles. The Hall–Kier alpha value is -0.780. The standard InChI is InChI=1S/C13H12BrF2NS/c1-17-12(6-9-5-8(14)7-18-9)13-10(15)3-2-4-11(13)16/h2-5,7,12,17H,6H2,1H3. The Kier molecular flexibility index (Phi) is 4.48. The molecule has 96 valence electrons. The highest BCUT2D eigenvalue weighted by Crippen LogP contribution is 2.28. The van der Waals surface area contributed by atoms with Crippen LogP contribution in [0.2, 0.25) is 0 Å². The van der Waals surface area contributed by atoms with Gasteiger partial charge in [0.2, 0.25) is 0 Å². The summed E-state index contributed by atoms with van der Waals surface area (Å²) in [5.74, 6) is -1.02. The van der Waals surface area contributed by atoms with Crippen molar-refractivity contribution in [2.24, 2.45) is 0 Å². The van der Waals surface area contributed by atoms with E-state index in [1.807, 2.05) is 11.4 Å². The fraction of sp³-hybridized carbons (Fsp3) is 0.231. The minimum absolute atomic E-state index is 0.101. The van der Waals surface area contributed by atoms with Gasteiger partial charge < -0.3 is 5.32 Å². The van der Waals surface area contributed by atoms with Gasteiger partial charge in [-0.1, -0.05) is 6.07 Å². The van der Waals surface area contributed by atoms with Gasteiger partial charge in [-0.2, -0.15) is 0 Å². The topological polar surface area (TPSA) is 12.0 Å². The highest BCUT2D eigenvalue weighted by Gasteiger charge is 2.19. The SMILES string of the molecule is CNC(Cc1cc(Br)cs1)c1c(F)cccc1F. The fourth-order valence-corrected chi connectivity index (χ4v) is 3.35.